The molecule has 3 aromatic rings. The fraction of sp³-hybridized carbons (Fsp3) is 0.250. The highest BCUT2D eigenvalue weighted by molar-refractivity contribution is 7.10. The van der Waals surface area contributed by atoms with Crippen LogP contribution in [-0.4, -0.2) is 18.1 Å². The van der Waals surface area contributed by atoms with Crippen molar-refractivity contribution in [1.29, 1.82) is 0 Å². The Balaban J connectivity index is 1.55. The monoisotopic (exact) mass is 320 g/mol. The van der Waals surface area contributed by atoms with Crippen LogP contribution in [-0.2, 0) is 0 Å². The predicted octanol–water partition coefficient (Wildman–Crippen LogP) is 4.94. The molecule has 0 bridgehead atoms. The van der Waals surface area contributed by atoms with E-state index in [0.29, 0.717) is 5.92 Å². The summed E-state index contributed by atoms with van der Waals surface area (Å²) >= 11 is 1.81. The number of nitrogens with one attached hydrogen (secondary N) is 1. The summed E-state index contributed by atoms with van der Waals surface area (Å²) in [5.41, 5.74) is 4.83. The topological polar surface area (TPSA) is 24.9 Å². The number of nitrogens with zero attached hydrogens (tertiary/aromatic N) is 1. The minimum Gasteiger partial charge on any atom is -0.317 e. The van der Waals surface area contributed by atoms with Crippen molar-refractivity contribution in [3.8, 4) is 22.4 Å². The largest absolute Gasteiger partial charge is 0.317 e. The fourth-order valence-corrected chi connectivity index (χ4v) is 4.14. The molecule has 116 valence electrons. The van der Waals surface area contributed by atoms with E-state index in [1.807, 2.05) is 11.3 Å². The van der Waals surface area contributed by atoms with E-state index >= 15 is 0 Å². The van der Waals surface area contributed by atoms with Crippen molar-refractivity contribution in [2.45, 2.75) is 18.8 Å². The Morgan fingerprint density at radius 1 is 0.826 bits per heavy atom. The molecule has 0 unspecified atom stereocenters. The van der Waals surface area contributed by atoms with E-state index in [-0.39, 0.29) is 0 Å². The first kappa shape index (κ1) is 14.6. The van der Waals surface area contributed by atoms with Gasteiger partial charge >= 0.3 is 0 Å². The molecule has 2 aromatic carbocycles. The molecular weight excluding hydrogens is 300 g/mol. The Morgan fingerprint density at radius 3 is 2.22 bits per heavy atom. The van der Waals surface area contributed by atoms with Gasteiger partial charge in [0.25, 0.3) is 0 Å². The van der Waals surface area contributed by atoms with Crippen molar-refractivity contribution in [2.75, 3.05) is 13.1 Å². The maximum Gasteiger partial charge on any atom is 0.0964 e. The first-order chi connectivity index (χ1) is 11.4. The van der Waals surface area contributed by atoms with Crippen molar-refractivity contribution >= 4 is 11.3 Å². The van der Waals surface area contributed by atoms with Crippen LogP contribution in [0.1, 0.15) is 23.8 Å². The van der Waals surface area contributed by atoms with Crippen LogP contribution in [0.3, 0.4) is 0 Å². The van der Waals surface area contributed by atoms with Gasteiger partial charge in [0.15, 0.2) is 0 Å². The van der Waals surface area contributed by atoms with Gasteiger partial charge in [0.2, 0.25) is 0 Å². The molecule has 0 atom stereocenters. The van der Waals surface area contributed by atoms with Gasteiger partial charge in [0, 0.05) is 16.9 Å². The lowest BCUT2D eigenvalue weighted by Gasteiger charge is -2.20. The van der Waals surface area contributed by atoms with Crippen molar-refractivity contribution in [3.63, 3.8) is 0 Å². The maximum absolute atomic E-state index is 4.90. The molecule has 1 aliphatic rings. The average molecular weight is 320 g/mol. The first-order valence-corrected chi connectivity index (χ1v) is 9.10. The van der Waals surface area contributed by atoms with Crippen molar-refractivity contribution in [2.24, 2.45) is 0 Å². The van der Waals surface area contributed by atoms with Crippen molar-refractivity contribution < 1.29 is 0 Å². The van der Waals surface area contributed by atoms with E-state index in [9.17, 15) is 0 Å². The van der Waals surface area contributed by atoms with Crippen molar-refractivity contribution in [3.05, 3.63) is 65.0 Å². The van der Waals surface area contributed by atoms with E-state index < -0.39 is 0 Å². The fourth-order valence-electron chi connectivity index (χ4n) is 3.14. The number of hydrogen-bond acceptors (Lipinski definition) is 3. The molecule has 1 aromatic heterocycles. The molecule has 1 N–H and O–H groups in total. The second-order valence-electron chi connectivity index (χ2n) is 6.04. The summed E-state index contributed by atoms with van der Waals surface area (Å²) in [5.74, 6) is 0.638. The van der Waals surface area contributed by atoms with Crippen LogP contribution >= 0.6 is 11.3 Å². The zero-order valence-corrected chi connectivity index (χ0v) is 13.9. The Labute approximate surface area is 141 Å². The summed E-state index contributed by atoms with van der Waals surface area (Å²) in [6, 6.07) is 19.2. The van der Waals surface area contributed by atoms with Crippen LogP contribution < -0.4 is 5.32 Å². The van der Waals surface area contributed by atoms with Crippen LogP contribution in [0.15, 0.2) is 60.0 Å². The Bertz CT molecular complexity index is 756. The summed E-state index contributed by atoms with van der Waals surface area (Å²) in [7, 11) is 0. The standard InChI is InChI=1S/C20H20N2S/c1-2-4-15(5-3-1)16-6-8-17(9-7-16)19-14-23-20(22-19)18-10-12-21-13-11-18/h1-9,14,18,21H,10-13H2. The van der Waals surface area contributed by atoms with Crippen LogP contribution in [0.4, 0.5) is 0 Å². The molecule has 4 rings (SSSR count). The van der Waals surface area contributed by atoms with E-state index in [1.165, 1.54) is 34.5 Å². The zero-order chi connectivity index (χ0) is 15.5. The molecule has 0 radical (unpaired) electrons. The van der Waals surface area contributed by atoms with Crippen LogP contribution in [0.2, 0.25) is 0 Å². The highest BCUT2D eigenvalue weighted by Crippen LogP contribution is 2.32. The highest BCUT2D eigenvalue weighted by atomic mass is 32.1. The molecule has 3 heteroatoms. The lowest BCUT2D eigenvalue weighted by Crippen LogP contribution is -2.26. The molecule has 2 heterocycles. The Hall–Kier alpha value is -1.97. The SMILES string of the molecule is c1ccc(-c2ccc(-c3csc(C4CCNCC4)n3)cc2)cc1. The van der Waals surface area contributed by atoms with Gasteiger partial charge < -0.3 is 5.32 Å². The van der Waals surface area contributed by atoms with E-state index in [2.05, 4.69) is 65.3 Å². The summed E-state index contributed by atoms with van der Waals surface area (Å²) in [6.45, 7) is 2.23. The van der Waals surface area contributed by atoms with E-state index in [1.54, 1.807) is 0 Å². The van der Waals surface area contributed by atoms with Gasteiger partial charge in [0.05, 0.1) is 10.7 Å². The van der Waals surface area contributed by atoms with Gasteiger partial charge in [0.1, 0.15) is 0 Å². The Morgan fingerprint density at radius 2 is 1.48 bits per heavy atom. The number of aromatic nitrogens is 1. The third-order valence-corrected chi connectivity index (χ3v) is 5.51. The summed E-state index contributed by atoms with van der Waals surface area (Å²) < 4.78 is 0. The van der Waals surface area contributed by atoms with Gasteiger partial charge in [-0.15, -0.1) is 11.3 Å². The Kier molecular flexibility index (Phi) is 4.22. The second-order valence-corrected chi connectivity index (χ2v) is 6.93. The molecule has 2 nitrogen and oxygen atoms in total. The summed E-state index contributed by atoms with van der Waals surface area (Å²) in [5, 5.41) is 6.92. The van der Waals surface area contributed by atoms with Crippen LogP contribution in [0.25, 0.3) is 22.4 Å². The predicted molar refractivity (Wildman–Crippen MR) is 97.8 cm³/mol. The number of thiazole rings is 1. The number of piperidine rings is 1. The normalized spacial score (nSPS) is 15.7. The molecular formula is C20H20N2S. The van der Waals surface area contributed by atoms with E-state index in [0.717, 1.165) is 18.8 Å². The van der Waals surface area contributed by atoms with Crippen LogP contribution in [0.5, 0.6) is 0 Å². The first-order valence-electron chi connectivity index (χ1n) is 8.22. The van der Waals surface area contributed by atoms with Gasteiger partial charge in [-0.25, -0.2) is 4.98 Å². The number of benzene rings is 2. The smallest absolute Gasteiger partial charge is 0.0964 e. The quantitative estimate of drug-likeness (QED) is 0.739. The highest BCUT2D eigenvalue weighted by Gasteiger charge is 2.18. The lowest BCUT2D eigenvalue weighted by molar-refractivity contribution is 0.459. The third kappa shape index (κ3) is 3.21. The molecule has 0 spiro atoms. The summed E-state index contributed by atoms with van der Waals surface area (Å²) in [4.78, 5) is 4.90. The maximum atomic E-state index is 4.90. The van der Waals surface area contributed by atoms with E-state index in [4.69, 9.17) is 4.98 Å². The summed E-state index contributed by atoms with van der Waals surface area (Å²) in [6.07, 6.45) is 2.42. The van der Waals surface area contributed by atoms with Gasteiger partial charge in [-0.2, -0.15) is 0 Å². The van der Waals surface area contributed by atoms with Crippen LogP contribution in [0, 0.1) is 0 Å². The minimum atomic E-state index is 0.638. The van der Waals surface area contributed by atoms with Crippen molar-refractivity contribution in [1.82, 2.24) is 10.3 Å². The molecule has 23 heavy (non-hydrogen) atoms. The third-order valence-electron chi connectivity index (χ3n) is 4.50. The minimum absolute atomic E-state index is 0.638. The number of hydrogen-bond donors (Lipinski definition) is 1. The molecule has 0 amide bonds. The molecule has 1 saturated heterocycles. The zero-order valence-electron chi connectivity index (χ0n) is 13.0. The van der Waals surface area contributed by atoms with Gasteiger partial charge in [-0.1, -0.05) is 54.6 Å². The lowest BCUT2D eigenvalue weighted by atomic mass is 9.99. The molecule has 0 saturated carbocycles. The second kappa shape index (κ2) is 6.65. The van der Waals surface area contributed by atoms with Gasteiger partial charge in [-0.05, 0) is 37.1 Å². The number of rotatable bonds is 3. The molecule has 0 aliphatic carbocycles. The van der Waals surface area contributed by atoms with Gasteiger partial charge in [-0.3, -0.25) is 0 Å². The molecule has 1 fully saturated rings. The molecule has 1 aliphatic heterocycles. The average Bonchev–Trinajstić information content (AvgIpc) is 3.14.